The molecule has 7 nitrogen and oxygen atoms in total. The van der Waals surface area contributed by atoms with Crippen LogP contribution in [-0.2, 0) is 22.5 Å². The Morgan fingerprint density at radius 2 is 2.14 bits per heavy atom. The van der Waals surface area contributed by atoms with Crippen LogP contribution in [0.15, 0.2) is 18.2 Å². The van der Waals surface area contributed by atoms with Crippen molar-refractivity contribution in [3.8, 4) is 11.4 Å². The first-order valence-corrected chi connectivity index (χ1v) is 9.91. The third-order valence-corrected chi connectivity index (χ3v) is 5.36. The monoisotopic (exact) mass is 461 g/mol. The zero-order chi connectivity index (χ0) is 18.6. The molecule has 1 aromatic carbocycles. The lowest BCUT2D eigenvalue weighted by Gasteiger charge is -2.23. The number of ether oxygens (including phenoxy) is 1. The highest BCUT2D eigenvalue weighted by atomic mass is 35.5. The molecule has 0 aliphatic carbocycles. The van der Waals surface area contributed by atoms with E-state index in [1.807, 2.05) is 12.1 Å². The zero-order valence-electron chi connectivity index (χ0n) is 16.0. The first-order valence-electron chi connectivity index (χ1n) is 9.53. The maximum absolute atomic E-state index is 12.4. The fourth-order valence-electron chi connectivity index (χ4n) is 3.65. The van der Waals surface area contributed by atoms with Crippen LogP contribution in [-0.4, -0.2) is 46.5 Å². The van der Waals surface area contributed by atoms with E-state index in [-0.39, 0.29) is 36.8 Å². The summed E-state index contributed by atoms with van der Waals surface area (Å²) in [6, 6.07) is 5.55. The van der Waals surface area contributed by atoms with Gasteiger partial charge in [0.15, 0.2) is 5.82 Å². The summed E-state index contributed by atoms with van der Waals surface area (Å²) < 4.78 is 7.56. The summed E-state index contributed by atoms with van der Waals surface area (Å²) in [6.07, 6.45) is 4.77. The van der Waals surface area contributed by atoms with Crippen LogP contribution in [0.5, 0.6) is 0 Å². The van der Waals surface area contributed by atoms with Crippen LogP contribution in [0.2, 0.25) is 5.02 Å². The Kier molecular flexibility index (Phi) is 9.17. The molecule has 1 fully saturated rings. The molecule has 0 saturated carbocycles. The Labute approximate surface area is 187 Å². The number of hydrogen-bond donors (Lipinski definition) is 2. The molecule has 2 aromatic rings. The van der Waals surface area contributed by atoms with Crippen molar-refractivity contribution in [2.75, 3.05) is 25.1 Å². The number of nitrogens with one attached hydrogen (secondary N) is 2. The van der Waals surface area contributed by atoms with E-state index < -0.39 is 0 Å². The van der Waals surface area contributed by atoms with Gasteiger partial charge in [-0.1, -0.05) is 18.0 Å². The third-order valence-electron chi connectivity index (χ3n) is 5.03. The van der Waals surface area contributed by atoms with Crippen molar-refractivity contribution >= 4 is 48.0 Å². The SMILES string of the molecule is Cl.Cl.O=C(CC1COCCN1)Nc1ccc(Cl)c(-c2nnc3n2CCCCC3)c1. The number of fused-ring (bicyclic) bond motifs is 1. The number of morpholine rings is 1. The molecule has 10 heteroatoms. The van der Waals surface area contributed by atoms with Gasteiger partial charge in [-0.15, -0.1) is 35.0 Å². The number of nitrogens with zero attached hydrogens (tertiary/aromatic N) is 3. The van der Waals surface area contributed by atoms with E-state index in [9.17, 15) is 4.79 Å². The highest BCUT2D eigenvalue weighted by Gasteiger charge is 2.20. The van der Waals surface area contributed by atoms with Crippen molar-refractivity contribution in [2.24, 2.45) is 0 Å². The van der Waals surface area contributed by atoms with Crippen LogP contribution in [0.3, 0.4) is 0 Å². The minimum absolute atomic E-state index is 0. The minimum Gasteiger partial charge on any atom is -0.378 e. The molecule has 1 unspecified atom stereocenters. The van der Waals surface area contributed by atoms with E-state index >= 15 is 0 Å². The molecular weight excluding hydrogens is 437 g/mol. The number of amides is 1. The Bertz CT molecular complexity index is 824. The van der Waals surface area contributed by atoms with Crippen molar-refractivity contribution in [3.63, 3.8) is 0 Å². The minimum atomic E-state index is -0.0497. The average Bonchev–Trinajstić information content (AvgIpc) is 2.92. The van der Waals surface area contributed by atoms with Gasteiger partial charge < -0.3 is 19.9 Å². The lowest BCUT2D eigenvalue weighted by molar-refractivity contribution is -0.117. The lowest BCUT2D eigenvalue weighted by atomic mass is 10.1. The smallest absolute Gasteiger partial charge is 0.226 e. The fourth-order valence-corrected chi connectivity index (χ4v) is 3.85. The maximum Gasteiger partial charge on any atom is 0.226 e. The zero-order valence-corrected chi connectivity index (χ0v) is 18.4. The quantitative estimate of drug-likeness (QED) is 0.727. The summed E-state index contributed by atoms with van der Waals surface area (Å²) >= 11 is 6.44. The molecule has 1 aromatic heterocycles. The van der Waals surface area contributed by atoms with Crippen LogP contribution in [0, 0.1) is 0 Å². The molecule has 3 heterocycles. The number of aryl methyl sites for hydroxylation is 1. The second-order valence-electron chi connectivity index (χ2n) is 7.08. The Morgan fingerprint density at radius 3 is 2.93 bits per heavy atom. The van der Waals surface area contributed by atoms with Crippen LogP contribution >= 0.6 is 36.4 Å². The van der Waals surface area contributed by atoms with E-state index in [4.69, 9.17) is 16.3 Å². The van der Waals surface area contributed by atoms with E-state index in [0.717, 1.165) is 49.6 Å². The van der Waals surface area contributed by atoms with Gasteiger partial charge in [0.25, 0.3) is 0 Å². The van der Waals surface area contributed by atoms with Gasteiger partial charge in [0.2, 0.25) is 5.91 Å². The first-order chi connectivity index (χ1) is 13.2. The van der Waals surface area contributed by atoms with Gasteiger partial charge in [-0.2, -0.15) is 0 Å². The molecular formula is C19H26Cl3N5O2. The largest absolute Gasteiger partial charge is 0.378 e. The molecule has 2 N–H and O–H groups in total. The number of hydrogen-bond acceptors (Lipinski definition) is 5. The fraction of sp³-hybridized carbons (Fsp3) is 0.526. The van der Waals surface area contributed by atoms with Gasteiger partial charge in [-0.3, -0.25) is 4.79 Å². The summed E-state index contributed by atoms with van der Waals surface area (Å²) in [5.41, 5.74) is 1.51. The number of rotatable bonds is 4. The maximum atomic E-state index is 12.4. The van der Waals surface area contributed by atoms with E-state index in [0.29, 0.717) is 30.3 Å². The van der Waals surface area contributed by atoms with Crippen LogP contribution in [0.4, 0.5) is 5.69 Å². The molecule has 2 aliphatic rings. The molecule has 2 aliphatic heterocycles. The molecule has 1 saturated heterocycles. The average molecular weight is 463 g/mol. The predicted octanol–water partition coefficient (Wildman–Crippen LogP) is 3.49. The van der Waals surface area contributed by atoms with Gasteiger partial charge in [-0.05, 0) is 31.0 Å². The molecule has 29 heavy (non-hydrogen) atoms. The topological polar surface area (TPSA) is 81.1 Å². The molecule has 160 valence electrons. The number of benzene rings is 1. The normalized spacial score (nSPS) is 18.6. The van der Waals surface area contributed by atoms with Gasteiger partial charge >= 0.3 is 0 Å². The van der Waals surface area contributed by atoms with Crippen LogP contribution < -0.4 is 10.6 Å². The van der Waals surface area contributed by atoms with Crippen molar-refractivity contribution in [1.82, 2.24) is 20.1 Å². The van der Waals surface area contributed by atoms with Crippen LogP contribution in [0.1, 0.15) is 31.5 Å². The van der Waals surface area contributed by atoms with Crippen molar-refractivity contribution in [3.05, 3.63) is 29.0 Å². The van der Waals surface area contributed by atoms with E-state index in [1.54, 1.807) is 6.07 Å². The molecule has 0 radical (unpaired) electrons. The Balaban J connectivity index is 0.00000150. The predicted molar refractivity (Wildman–Crippen MR) is 118 cm³/mol. The summed E-state index contributed by atoms with van der Waals surface area (Å²) in [5, 5.41) is 15.6. The highest BCUT2D eigenvalue weighted by molar-refractivity contribution is 6.33. The van der Waals surface area contributed by atoms with Crippen molar-refractivity contribution in [2.45, 2.75) is 44.7 Å². The highest BCUT2D eigenvalue weighted by Crippen LogP contribution is 2.31. The number of carbonyl (C=O) groups excluding carboxylic acids is 1. The molecule has 1 amide bonds. The third kappa shape index (κ3) is 5.83. The molecule has 0 bridgehead atoms. The summed E-state index contributed by atoms with van der Waals surface area (Å²) in [7, 11) is 0. The lowest BCUT2D eigenvalue weighted by Crippen LogP contribution is -2.43. The standard InChI is InChI=1S/C19H24ClN5O2.2ClH/c20-16-6-5-13(22-18(26)11-14-12-27-9-7-21-14)10-15(16)19-24-23-17-4-2-1-3-8-25(17)19;;/h5-6,10,14,21H,1-4,7-9,11-12H2,(H,22,26);2*1H. The summed E-state index contributed by atoms with van der Waals surface area (Å²) in [6.45, 7) is 2.94. The second kappa shape index (κ2) is 11.1. The van der Waals surface area contributed by atoms with E-state index in [2.05, 4.69) is 25.4 Å². The molecule has 0 spiro atoms. The Hall–Kier alpha value is -1.38. The molecule has 1 atom stereocenters. The summed E-state index contributed by atoms with van der Waals surface area (Å²) in [5.74, 6) is 1.73. The van der Waals surface area contributed by atoms with Gasteiger partial charge in [0.05, 0.1) is 18.2 Å². The van der Waals surface area contributed by atoms with Crippen molar-refractivity contribution < 1.29 is 9.53 Å². The van der Waals surface area contributed by atoms with Gasteiger partial charge in [0, 0.05) is 43.2 Å². The van der Waals surface area contributed by atoms with Gasteiger partial charge in [0.1, 0.15) is 5.82 Å². The second-order valence-corrected chi connectivity index (χ2v) is 7.48. The first kappa shape index (κ1) is 23.9. The Morgan fingerprint density at radius 1 is 1.28 bits per heavy atom. The van der Waals surface area contributed by atoms with E-state index in [1.165, 1.54) is 6.42 Å². The van der Waals surface area contributed by atoms with Gasteiger partial charge in [-0.25, -0.2) is 0 Å². The molecule has 4 rings (SSSR count). The summed E-state index contributed by atoms with van der Waals surface area (Å²) in [4.78, 5) is 12.4. The van der Waals surface area contributed by atoms with Crippen LogP contribution in [0.25, 0.3) is 11.4 Å². The number of halogens is 3. The number of carbonyl (C=O) groups is 1. The van der Waals surface area contributed by atoms with Crippen molar-refractivity contribution in [1.29, 1.82) is 0 Å². The number of aromatic nitrogens is 3. The number of anilines is 1.